The Morgan fingerprint density at radius 1 is 0.926 bits per heavy atom. The molecule has 138 valence electrons. The number of nitrogens with one attached hydrogen (secondary N) is 1. The van der Waals surface area contributed by atoms with Gasteiger partial charge in [0.25, 0.3) is 11.8 Å². The Morgan fingerprint density at radius 3 is 2.07 bits per heavy atom. The smallest absolute Gasteiger partial charge is 0.273 e. The van der Waals surface area contributed by atoms with Crippen LogP contribution in [0.5, 0.6) is 0 Å². The molecule has 1 heterocycles. The highest BCUT2D eigenvalue weighted by atomic mass is 19.4. The van der Waals surface area contributed by atoms with E-state index in [0.717, 1.165) is 40.8 Å². The van der Waals surface area contributed by atoms with E-state index in [2.05, 4.69) is 5.32 Å². The van der Waals surface area contributed by atoms with Crippen molar-refractivity contribution < 1.29 is 27.6 Å². The van der Waals surface area contributed by atoms with Crippen LogP contribution in [-0.2, 0) is 15.8 Å². The number of anilines is 1. The number of halogens is 3. The predicted octanol–water partition coefficient (Wildman–Crippen LogP) is 3.68. The molecule has 4 amide bonds. The number of alkyl halides is 3. The topological polar surface area (TPSA) is 66.5 Å². The molecule has 0 saturated carbocycles. The molecule has 0 unspecified atom stereocenters. The average Bonchev–Trinajstić information content (AvgIpc) is 2.60. The number of hydrogen-bond acceptors (Lipinski definition) is 3. The minimum absolute atomic E-state index is 0.222. The fraction of sp³-hybridized carbons (Fsp3) is 0.105. The van der Waals surface area contributed by atoms with Crippen molar-refractivity contribution in [1.82, 2.24) is 5.32 Å². The molecule has 0 atom stereocenters. The standard InChI is InChI=1S/C19H13F3N2O3/c1-11-2-8-14(9-3-11)24-17(26)15(16(25)23-18(24)27)10-12-4-6-13(7-5-12)19(20,21)22/h2-10H,1H3,(H,23,25,27)/b15-10-. The summed E-state index contributed by atoms with van der Waals surface area (Å²) in [5, 5.41) is 2.06. The monoisotopic (exact) mass is 374 g/mol. The Balaban J connectivity index is 1.95. The summed E-state index contributed by atoms with van der Waals surface area (Å²) in [7, 11) is 0. The molecule has 0 bridgehead atoms. The summed E-state index contributed by atoms with van der Waals surface area (Å²) in [5.74, 6) is -1.76. The molecule has 1 fully saturated rings. The lowest BCUT2D eigenvalue weighted by Gasteiger charge is -2.26. The van der Waals surface area contributed by atoms with E-state index in [1.165, 1.54) is 0 Å². The minimum Gasteiger partial charge on any atom is -0.273 e. The molecule has 3 rings (SSSR count). The number of carbonyl (C=O) groups is 3. The number of carbonyl (C=O) groups excluding carboxylic acids is 3. The number of imide groups is 2. The molecule has 5 nitrogen and oxygen atoms in total. The quantitative estimate of drug-likeness (QED) is 0.644. The van der Waals surface area contributed by atoms with Crippen LogP contribution in [0.2, 0.25) is 0 Å². The molecule has 0 aliphatic carbocycles. The number of hydrogen-bond donors (Lipinski definition) is 1. The van der Waals surface area contributed by atoms with E-state index < -0.39 is 29.6 Å². The first-order valence-corrected chi connectivity index (χ1v) is 7.82. The van der Waals surface area contributed by atoms with Gasteiger partial charge in [0.2, 0.25) is 0 Å². The SMILES string of the molecule is Cc1ccc(N2C(=O)NC(=O)/C(=C/c3ccc(C(F)(F)F)cc3)C2=O)cc1. The normalized spacial score (nSPS) is 16.7. The lowest BCUT2D eigenvalue weighted by molar-refractivity contribution is -0.137. The van der Waals surface area contributed by atoms with E-state index in [4.69, 9.17) is 0 Å². The van der Waals surface area contributed by atoms with Gasteiger partial charge in [0.05, 0.1) is 11.3 Å². The number of barbiturate groups is 1. The Labute approximate surface area is 152 Å². The highest BCUT2D eigenvalue weighted by Crippen LogP contribution is 2.29. The molecule has 27 heavy (non-hydrogen) atoms. The van der Waals surface area contributed by atoms with Gasteiger partial charge in [0.15, 0.2) is 0 Å². The summed E-state index contributed by atoms with van der Waals surface area (Å²) in [6.45, 7) is 1.83. The summed E-state index contributed by atoms with van der Waals surface area (Å²) >= 11 is 0. The van der Waals surface area contributed by atoms with E-state index in [9.17, 15) is 27.6 Å². The van der Waals surface area contributed by atoms with Gasteiger partial charge in [0.1, 0.15) is 5.57 Å². The van der Waals surface area contributed by atoms with Gasteiger partial charge in [-0.2, -0.15) is 13.2 Å². The Morgan fingerprint density at radius 2 is 1.52 bits per heavy atom. The van der Waals surface area contributed by atoms with Gasteiger partial charge >= 0.3 is 12.2 Å². The van der Waals surface area contributed by atoms with Gasteiger partial charge in [-0.25, -0.2) is 9.69 Å². The molecule has 2 aromatic rings. The summed E-state index contributed by atoms with van der Waals surface area (Å²) in [4.78, 5) is 37.6. The van der Waals surface area contributed by atoms with Gasteiger partial charge in [0, 0.05) is 0 Å². The van der Waals surface area contributed by atoms with E-state index >= 15 is 0 Å². The van der Waals surface area contributed by atoms with E-state index in [-0.39, 0.29) is 16.8 Å². The third kappa shape index (κ3) is 3.74. The molecule has 0 spiro atoms. The van der Waals surface area contributed by atoms with Crippen LogP contribution in [0.3, 0.4) is 0 Å². The van der Waals surface area contributed by atoms with Gasteiger partial charge in [-0.1, -0.05) is 29.8 Å². The fourth-order valence-corrected chi connectivity index (χ4v) is 2.52. The van der Waals surface area contributed by atoms with Crippen molar-refractivity contribution in [3.05, 3.63) is 70.8 Å². The summed E-state index contributed by atoms with van der Waals surface area (Å²) in [5.41, 5.74) is 0.212. The first kappa shape index (κ1) is 18.4. The number of amides is 4. The predicted molar refractivity (Wildman–Crippen MR) is 91.6 cm³/mol. The highest BCUT2D eigenvalue weighted by Gasteiger charge is 2.37. The van der Waals surface area contributed by atoms with Crippen molar-refractivity contribution in [3.8, 4) is 0 Å². The highest BCUT2D eigenvalue weighted by molar-refractivity contribution is 6.39. The van der Waals surface area contributed by atoms with Crippen LogP contribution in [0.15, 0.2) is 54.1 Å². The molecule has 1 saturated heterocycles. The number of aryl methyl sites for hydroxylation is 1. The first-order chi connectivity index (χ1) is 12.7. The Hall–Kier alpha value is -3.42. The molecule has 0 aromatic heterocycles. The molecule has 1 aliphatic rings. The second kappa shape index (κ2) is 6.71. The molecule has 2 aromatic carbocycles. The van der Waals surface area contributed by atoms with Crippen LogP contribution in [0, 0.1) is 6.92 Å². The summed E-state index contributed by atoms with van der Waals surface area (Å²) in [6.07, 6.45) is -3.34. The van der Waals surface area contributed by atoms with Crippen molar-refractivity contribution in [2.24, 2.45) is 0 Å². The zero-order valence-corrected chi connectivity index (χ0v) is 14.0. The largest absolute Gasteiger partial charge is 0.416 e. The first-order valence-electron chi connectivity index (χ1n) is 7.82. The van der Waals surface area contributed by atoms with Crippen molar-refractivity contribution in [2.75, 3.05) is 4.90 Å². The maximum Gasteiger partial charge on any atom is 0.416 e. The van der Waals surface area contributed by atoms with Crippen molar-refractivity contribution in [1.29, 1.82) is 0 Å². The van der Waals surface area contributed by atoms with E-state index in [1.807, 2.05) is 6.92 Å². The van der Waals surface area contributed by atoms with E-state index in [1.54, 1.807) is 24.3 Å². The molecule has 0 radical (unpaired) electrons. The average molecular weight is 374 g/mol. The molecule has 8 heteroatoms. The zero-order valence-electron chi connectivity index (χ0n) is 14.0. The van der Waals surface area contributed by atoms with Crippen LogP contribution < -0.4 is 10.2 Å². The van der Waals surface area contributed by atoms with Crippen LogP contribution in [-0.4, -0.2) is 17.8 Å². The lowest BCUT2D eigenvalue weighted by Crippen LogP contribution is -2.54. The maximum atomic E-state index is 12.7. The van der Waals surface area contributed by atoms with Crippen molar-refractivity contribution >= 4 is 29.6 Å². The van der Waals surface area contributed by atoms with Gasteiger partial charge in [-0.05, 0) is 42.8 Å². The third-order valence-corrected chi connectivity index (χ3v) is 3.94. The number of benzene rings is 2. The summed E-state index contributed by atoms with van der Waals surface area (Å²) < 4.78 is 37.9. The van der Waals surface area contributed by atoms with Crippen molar-refractivity contribution in [3.63, 3.8) is 0 Å². The molecular formula is C19H13F3N2O3. The van der Waals surface area contributed by atoms with Crippen LogP contribution in [0.1, 0.15) is 16.7 Å². The number of urea groups is 1. The molecular weight excluding hydrogens is 361 g/mol. The van der Waals surface area contributed by atoms with Gasteiger partial charge in [-0.3, -0.25) is 14.9 Å². The number of rotatable bonds is 2. The van der Waals surface area contributed by atoms with Gasteiger partial charge in [-0.15, -0.1) is 0 Å². The van der Waals surface area contributed by atoms with Crippen LogP contribution in [0.4, 0.5) is 23.7 Å². The van der Waals surface area contributed by atoms with E-state index in [0.29, 0.717) is 0 Å². The Kier molecular flexibility index (Phi) is 4.57. The third-order valence-electron chi connectivity index (χ3n) is 3.94. The maximum absolute atomic E-state index is 12.7. The second-order valence-electron chi connectivity index (χ2n) is 5.91. The van der Waals surface area contributed by atoms with Gasteiger partial charge < -0.3 is 0 Å². The van der Waals surface area contributed by atoms with Crippen molar-refractivity contribution in [2.45, 2.75) is 13.1 Å². The summed E-state index contributed by atoms with van der Waals surface area (Å²) in [6, 6.07) is 9.60. The second-order valence-corrected chi connectivity index (χ2v) is 5.91. The number of nitrogens with zero attached hydrogens (tertiary/aromatic N) is 1. The Bertz CT molecular complexity index is 946. The van der Waals surface area contributed by atoms with Crippen LogP contribution >= 0.6 is 0 Å². The lowest BCUT2D eigenvalue weighted by atomic mass is 10.1. The minimum atomic E-state index is -4.49. The molecule has 1 N–H and O–H groups in total. The molecule has 1 aliphatic heterocycles. The van der Waals surface area contributed by atoms with Crippen LogP contribution in [0.25, 0.3) is 6.08 Å². The fourth-order valence-electron chi connectivity index (χ4n) is 2.52. The zero-order chi connectivity index (χ0) is 19.8.